The van der Waals surface area contributed by atoms with Crippen molar-refractivity contribution in [3.8, 4) is 0 Å². The third kappa shape index (κ3) is 9.43. The standard InChI is InChI=1S/C32H52F3N5O6/c1-11-12-19(24(42)27(44)36-14-13-32(33,34)35)37-26(43)22-20-18(31(20,9)10)15-40(22)28(45)25(30(6,7)8)39-29(46)38-21(16(2)3)23(41)17(4)5/h16-22,25H,11-15H2,1-10H3,(H,36,44)(H,37,43)(H2,38,39,46)/t18-,19?,20-,21-,22-,25+/m0/s1. The summed E-state index contributed by atoms with van der Waals surface area (Å²) in [5.41, 5.74) is -1.09. The van der Waals surface area contributed by atoms with Crippen molar-refractivity contribution >= 4 is 35.3 Å². The molecule has 1 saturated heterocycles. The van der Waals surface area contributed by atoms with E-state index >= 15 is 0 Å². The van der Waals surface area contributed by atoms with Crippen LogP contribution in [0, 0.1) is 34.5 Å². The normalized spacial score (nSPS) is 22.4. The number of amides is 5. The number of hydrogen-bond acceptors (Lipinski definition) is 6. The molecule has 1 unspecified atom stereocenters. The number of rotatable bonds is 14. The van der Waals surface area contributed by atoms with E-state index in [-0.39, 0.29) is 47.8 Å². The maximum atomic E-state index is 14.1. The van der Waals surface area contributed by atoms with Gasteiger partial charge in [0.25, 0.3) is 5.91 Å². The molecule has 11 nitrogen and oxygen atoms in total. The van der Waals surface area contributed by atoms with E-state index in [0.29, 0.717) is 6.42 Å². The fourth-order valence-corrected chi connectivity index (χ4v) is 6.24. The SMILES string of the molecule is CCCC(NC(=O)[C@@H]1[C@@H]2[C@H](CN1C(=O)[C@@H](NC(=O)N[C@H](C(=O)C(C)C)C(C)C)C(C)(C)C)C2(C)C)C(=O)C(=O)NCCC(F)(F)F. The predicted octanol–water partition coefficient (Wildman–Crippen LogP) is 3.36. The fourth-order valence-electron chi connectivity index (χ4n) is 6.24. The molecule has 2 rings (SSSR count). The summed E-state index contributed by atoms with van der Waals surface area (Å²) in [7, 11) is 0. The van der Waals surface area contributed by atoms with Crippen LogP contribution in [0.3, 0.4) is 0 Å². The lowest BCUT2D eigenvalue weighted by molar-refractivity contribution is -0.146. The second kappa shape index (κ2) is 14.7. The summed E-state index contributed by atoms with van der Waals surface area (Å²) in [6, 6.07) is -4.86. The van der Waals surface area contributed by atoms with Crippen molar-refractivity contribution in [3.05, 3.63) is 0 Å². The summed E-state index contributed by atoms with van der Waals surface area (Å²) < 4.78 is 37.6. The molecule has 0 radical (unpaired) electrons. The lowest BCUT2D eigenvalue weighted by atomic mass is 9.85. The number of urea groups is 1. The summed E-state index contributed by atoms with van der Waals surface area (Å²) in [6.45, 7) is 17.5. The first-order valence-electron chi connectivity index (χ1n) is 16.1. The van der Waals surface area contributed by atoms with Gasteiger partial charge in [-0.25, -0.2) is 4.79 Å². The molecule has 0 aromatic heterocycles. The van der Waals surface area contributed by atoms with E-state index in [9.17, 15) is 41.9 Å². The Morgan fingerprint density at radius 1 is 0.935 bits per heavy atom. The first-order valence-corrected chi connectivity index (χ1v) is 16.1. The van der Waals surface area contributed by atoms with Crippen LogP contribution < -0.4 is 21.3 Å². The van der Waals surface area contributed by atoms with Gasteiger partial charge in [0.2, 0.25) is 17.6 Å². The smallest absolute Gasteiger partial charge is 0.349 e. The van der Waals surface area contributed by atoms with E-state index in [2.05, 4.69) is 16.0 Å². The highest BCUT2D eigenvalue weighted by Gasteiger charge is 2.70. The number of carbonyl (C=O) groups excluding carboxylic acids is 6. The fraction of sp³-hybridized carbons (Fsp3) is 0.812. The minimum absolute atomic E-state index is 0.0263. The number of halogens is 3. The summed E-state index contributed by atoms with van der Waals surface area (Å²) in [4.78, 5) is 80.6. The topological polar surface area (TPSA) is 154 Å². The van der Waals surface area contributed by atoms with E-state index in [1.807, 2.05) is 33.0 Å². The van der Waals surface area contributed by atoms with Crippen molar-refractivity contribution in [2.45, 2.75) is 119 Å². The predicted molar refractivity (Wildman–Crippen MR) is 165 cm³/mol. The molecule has 0 aromatic rings. The van der Waals surface area contributed by atoms with Gasteiger partial charge in [-0.1, -0.05) is 75.7 Å². The molecule has 14 heteroatoms. The van der Waals surface area contributed by atoms with Crippen LogP contribution in [0.5, 0.6) is 0 Å². The van der Waals surface area contributed by atoms with Gasteiger partial charge in [0.15, 0.2) is 5.78 Å². The Morgan fingerprint density at radius 2 is 1.52 bits per heavy atom. The molecule has 0 bridgehead atoms. The van der Waals surface area contributed by atoms with Gasteiger partial charge in [0.05, 0.1) is 18.5 Å². The van der Waals surface area contributed by atoms with Crippen molar-refractivity contribution < 1.29 is 41.9 Å². The molecule has 262 valence electrons. The van der Waals surface area contributed by atoms with E-state index in [1.54, 1.807) is 41.5 Å². The van der Waals surface area contributed by atoms with Gasteiger partial charge in [-0.15, -0.1) is 0 Å². The zero-order valence-corrected chi connectivity index (χ0v) is 28.7. The number of Topliss-reactive ketones (excluding diaryl/α,β-unsaturated/α-hetero) is 2. The zero-order valence-electron chi connectivity index (χ0n) is 28.7. The molecule has 1 aliphatic heterocycles. The van der Waals surface area contributed by atoms with E-state index in [4.69, 9.17) is 0 Å². The molecule has 1 aliphatic carbocycles. The van der Waals surface area contributed by atoms with Crippen LogP contribution in [0.4, 0.5) is 18.0 Å². The summed E-state index contributed by atoms with van der Waals surface area (Å²) in [6.07, 6.45) is -5.37. The maximum absolute atomic E-state index is 14.1. The largest absolute Gasteiger partial charge is 0.390 e. The van der Waals surface area contributed by atoms with Crippen molar-refractivity contribution in [2.75, 3.05) is 13.1 Å². The number of fused-ring (bicyclic) bond motifs is 1. The van der Waals surface area contributed by atoms with Crippen LogP contribution >= 0.6 is 0 Å². The second-order valence-electron chi connectivity index (χ2n) is 14.9. The molecule has 5 amide bonds. The Hall–Kier alpha value is -3.19. The molecule has 2 aliphatic rings. The quantitative estimate of drug-likeness (QED) is 0.210. The highest BCUT2D eigenvalue weighted by Crippen LogP contribution is 2.65. The number of carbonyl (C=O) groups is 6. The van der Waals surface area contributed by atoms with Crippen molar-refractivity contribution in [1.82, 2.24) is 26.2 Å². The first-order chi connectivity index (χ1) is 20.9. The van der Waals surface area contributed by atoms with Crippen molar-refractivity contribution in [3.63, 3.8) is 0 Å². The summed E-state index contributed by atoms with van der Waals surface area (Å²) >= 11 is 0. The Labute approximate surface area is 269 Å². The maximum Gasteiger partial charge on any atom is 0.390 e. The second-order valence-corrected chi connectivity index (χ2v) is 14.9. The third-order valence-electron chi connectivity index (χ3n) is 9.11. The number of ketones is 2. The number of alkyl halides is 3. The lowest BCUT2D eigenvalue weighted by Gasteiger charge is -2.38. The van der Waals surface area contributed by atoms with Gasteiger partial charge >= 0.3 is 12.2 Å². The first kappa shape index (κ1) is 39.0. The van der Waals surface area contributed by atoms with E-state index in [0.717, 1.165) is 0 Å². The van der Waals surface area contributed by atoms with Crippen LogP contribution in [-0.4, -0.2) is 83.7 Å². The number of hydrogen-bond donors (Lipinski definition) is 4. The minimum atomic E-state index is -4.51. The molecule has 1 saturated carbocycles. The molecule has 6 atom stereocenters. The molecule has 0 spiro atoms. The summed E-state index contributed by atoms with van der Waals surface area (Å²) in [5.74, 6) is -4.40. The Bertz CT molecular complexity index is 1180. The van der Waals surface area contributed by atoms with Gasteiger partial charge in [-0.2, -0.15) is 13.2 Å². The van der Waals surface area contributed by atoms with Crippen LogP contribution in [0.2, 0.25) is 0 Å². The third-order valence-corrected chi connectivity index (χ3v) is 9.11. The lowest BCUT2D eigenvalue weighted by Crippen LogP contribution is -2.62. The van der Waals surface area contributed by atoms with Crippen LogP contribution in [0.1, 0.15) is 88.5 Å². The number of nitrogens with one attached hydrogen (secondary N) is 4. The number of piperidine rings is 1. The minimum Gasteiger partial charge on any atom is -0.349 e. The molecule has 4 N–H and O–H groups in total. The Kier molecular flexibility index (Phi) is 12.5. The molecular formula is C32H52F3N5O6. The van der Waals surface area contributed by atoms with Crippen molar-refractivity contribution in [1.29, 1.82) is 0 Å². The van der Waals surface area contributed by atoms with E-state index < -0.39 is 78.3 Å². The van der Waals surface area contributed by atoms with E-state index in [1.165, 1.54) is 4.90 Å². The highest BCUT2D eigenvalue weighted by atomic mass is 19.4. The van der Waals surface area contributed by atoms with Gasteiger partial charge in [0, 0.05) is 19.0 Å². The molecule has 1 heterocycles. The van der Waals surface area contributed by atoms with Crippen LogP contribution in [-0.2, 0) is 24.0 Å². The van der Waals surface area contributed by atoms with Crippen LogP contribution in [0.25, 0.3) is 0 Å². The van der Waals surface area contributed by atoms with Gasteiger partial charge in [0.1, 0.15) is 12.1 Å². The molecule has 46 heavy (non-hydrogen) atoms. The Morgan fingerprint density at radius 3 is 2.00 bits per heavy atom. The molecule has 0 aromatic carbocycles. The highest BCUT2D eigenvalue weighted by molar-refractivity contribution is 6.38. The van der Waals surface area contributed by atoms with Gasteiger partial charge in [-0.3, -0.25) is 24.0 Å². The zero-order chi connectivity index (χ0) is 35.5. The Balaban J connectivity index is 2.28. The van der Waals surface area contributed by atoms with Crippen molar-refractivity contribution in [2.24, 2.45) is 34.5 Å². The average Bonchev–Trinajstić information content (AvgIpc) is 3.24. The molecule has 2 fully saturated rings. The van der Waals surface area contributed by atoms with Gasteiger partial charge < -0.3 is 26.2 Å². The van der Waals surface area contributed by atoms with Crippen LogP contribution in [0.15, 0.2) is 0 Å². The molecular weight excluding hydrogens is 607 g/mol. The average molecular weight is 660 g/mol. The number of likely N-dealkylation sites (tertiary alicyclic amines) is 1. The van der Waals surface area contributed by atoms with Gasteiger partial charge in [-0.05, 0) is 35.0 Å². The monoisotopic (exact) mass is 659 g/mol. The number of nitrogens with zero attached hydrogens (tertiary/aromatic N) is 1. The summed E-state index contributed by atoms with van der Waals surface area (Å²) in [5, 5.41) is 10.0.